The summed E-state index contributed by atoms with van der Waals surface area (Å²) in [6.07, 6.45) is 11.5. The van der Waals surface area contributed by atoms with E-state index in [2.05, 4.69) is 26.8 Å². The largest absolute Gasteiger partial charge is 0.504 e. The highest BCUT2D eigenvalue weighted by atomic mass is 16.5. The van der Waals surface area contributed by atoms with Crippen molar-refractivity contribution < 1.29 is 19.0 Å². The van der Waals surface area contributed by atoms with Crippen molar-refractivity contribution in [3.8, 4) is 0 Å². The van der Waals surface area contributed by atoms with E-state index in [-0.39, 0.29) is 11.6 Å². The molecule has 1 saturated carbocycles. The van der Waals surface area contributed by atoms with Gasteiger partial charge in [0.15, 0.2) is 0 Å². The molecule has 2 atom stereocenters. The molecule has 0 aromatic rings. The molecule has 0 aromatic carbocycles. The molecule has 4 nitrogen and oxygen atoms in total. The minimum Gasteiger partial charge on any atom is -0.504 e. The van der Waals surface area contributed by atoms with Crippen molar-refractivity contribution in [3.05, 3.63) is 34.8 Å². The lowest BCUT2D eigenvalue weighted by Gasteiger charge is -2.50. The van der Waals surface area contributed by atoms with E-state index in [0.29, 0.717) is 24.9 Å². The van der Waals surface area contributed by atoms with Gasteiger partial charge in [-0.2, -0.15) is 0 Å². The summed E-state index contributed by atoms with van der Waals surface area (Å²) in [6, 6.07) is 0. The molecular formula is C25H38O4. The van der Waals surface area contributed by atoms with Gasteiger partial charge in [0.25, 0.3) is 0 Å². The third-order valence-corrected chi connectivity index (χ3v) is 7.00. The van der Waals surface area contributed by atoms with Gasteiger partial charge in [-0.25, -0.2) is 0 Å². The number of hydrogen-bond acceptors (Lipinski definition) is 4. The van der Waals surface area contributed by atoms with Crippen LogP contribution >= 0.6 is 0 Å². The molecule has 0 saturated heterocycles. The fraction of sp³-hybridized carbons (Fsp3) is 0.720. The molecule has 0 amide bonds. The summed E-state index contributed by atoms with van der Waals surface area (Å²) >= 11 is 0. The Balaban J connectivity index is 1.98. The average molecular weight is 403 g/mol. The predicted molar refractivity (Wildman–Crippen MR) is 115 cm³/mol. The molecule has 0 spiro atoms. The number of ether oxygens (including phenoxy) is 3. The molecule has 29 heavy (non-hydrogen) atoms. The molecular weight excluding hydrogens is 364 g/mol. The summed E-state index contributed by atoms with van der Waals surface area (Å²) in [7, 11) is 1.70. The Morgan fingerprint density at radius 2 is 2.03 bits per heavy atom. The molecule has 1 fully saturated rings. The lowest BCUT2D eigenvalue weighted by Crippen LogP contribution is -2.46. The van der Waals surface area contributed by atoms with Gasteiger partial charge >= 0.3 is 5.97 Å². The maximum Gasteiger partial charge on any atom is 0.315 e. The summed E-state index contributed by atoms with van der Waals surface area (Å²) < 4.78 is 17.6. The van der Waals surface area contributed by atoms with Crippen LogP contribution in [-0.4, -0.2) is 25.3 Å². The molecule has 0 aromatic heterocycles. The zero-order valence-electron chi connectivity index (χ0n) is 19.1. The molecule has 162 valence electrons. The van der Waals surface area contributed by atoms with E-state index in [1.54, 1.807) is 7.11 Å². The second-order valence-corrected chi connectivity index (χ2v) is 9.82. The fourth-order valence-corrected chi connectivity index (χ4v) is 5.19. The Bertz CT molecular complexity index is 723. The normalized spacial score (nSPS) is 27.5. The Labute approximate surface area is 176 Å². The fourth-order valence-electron chi connectivity index (χ4n) is 5.19. The number of carbonyl (C=O) groups excluding carboxylic acids is 1. The van der Waals surface area contributed by atoms with Crippen LogP contribution in [0.15, 0.2) is 34.8 Å². The zero-order valence-corrected chi connectivity index (χ0v) is 19.1. The van der Waals surface area contributed by atoms with Gasteiger partial charge in [0.2, 0.25) is 0 Å². The molecule has 3 rings (SSSR count). The summed E-state index contributed by atoms with van der Waals surface area (Å²) in [5, 5.41) is 0. The predicted octanol–water partition coefficient (Wildman–Crippen LogP) is 6.09. The van der Waals surface area contributed by atoms with Crippen LogP contribution in [-0.2, 0) is 19.0 Å². The van der Waals surface area contributed by atoms with Crippen molar-refractivity contribution in [1.82, 2.24) is 0 Å². The van der Waals surface area contributed by atoms with E-state index in [1.807, 2.05) is 20.1 Å². The van der Waals surface area contributed by atoms with Crippen LogP contribution in [0.4, 0.5) is 0 Å². The number of esters is 1. The molecule has 4 heteroatoms. The van der Waals surface area contributed by atoms with Crippen molar-refractivity contribution in [2.45, 2.75) is 85.2 Å². The van der Waals surface area contributed by atoms with Crippen molar-refractivity contribution in [3.63, 3.8) is 0 Å². The van der Waals surface area contributed by atoms with Gasteiger partial charge in [0, 0.05) is 11.5 Å². The number of hydrogen-bond donors (Lipinski definition) is 0. The van der Waals surface area contributed by atoms with Gasteiger partial charge in [-0.05, 0) is 76.5 Å². The molecule has 1 heterocycles. The average Bonchev–Trinajstić information content (AvgIpc) is 2.67. The molecule has 2 aliphatic carbocycles. The van der Waals surface area contributed by atoms with E-state index in [4.69, 9.17) is 14.2 Å². The van der Waals surface area contributed by atoms with Crippen LogP contribution in [0.1, 0.15) is 79.6 Å². The summed E-state index contributed by atoms with van der Waals surface area (Å²) in [6.45, 7) is 10.9. The van der Waals surface area contributed by atoms with E-state index in [9.17, 15) is 4.79 Å². The number of allylic oxidation sites excluding steroid dienone is 3. The summed E-state index contributed by atoms with van der Waals surface area (Å²) in [4.78, 5) is 12.8. The Morgan fingerprint density at radius 3 is 2.72 bits per heavy atom. The van der Waals surface area contributed by atoms with Gasteiger partial charge in [0.05, 0.1) is 25.4 Å². The lowest BCUT2D eigenvalue weighted by atomic mass is 9.63. The first-order valence-corrected chi connectivity index (χ1v) is 11.3. The van der Waals surface area contributed by atoms with Crippen LogP contribution in [0, 0.1) is 17.3 Å². The minimum atomic E-state index is -0.698. The van der Waals surface area contributed by atoms with E-state index >= 15 is 0 Å². The SMILES string of the molecule is CCCCOC(=O)C(C)(C)C1=CC2=C(C(=COC)C1)[C@H]1CCCC[C@H]1C(C)(C)O2. The first-order chi connectivity index (χ1) is 13.7. The molecule has 3 aliphatic rings. The number of unbranched alkanes of at least 4 members (excludes halogenated alkanes) is 1. The summed E-state index contributed by atoms with van der Waals surface area (Å²) in [5.74, 6) is 1.79. The first-order valence-electron chi connectivity index (χ1n) is 11.3. The van der Waals surface area contributed by atoms with Crippen LogP contribution in [0.2, 0.25) is 0 Å². The van der Waals surface area contributed by atoms with Gasteiger partial charge in [-0.15, -0.1) is 0 Å². The van der Waals surface area contributed by atoms with Crippen LogP contribution in [0.3, 0.4) is 0 Å². The highest BCUT2D eigenvalue weighted by Crippen LogP contribution is 2.53. The second-order valence-electron chi connectivity index (χ2n) is 9.82. The van der Waals surface area contributed by atoms with E-state index < -0.39 is 5.41 Å². The van der Waals surface area contributed by atoms with E-state index in [0.717, 1.165) is 29.7 Å². The maximum absolute atomic E-state index is 12.8. The van der Waals surface area contributed by atoms with Crippen LogP contribution in [0.25, 0.3) is 0 Å². The Kier molecular flexibility index (Phi) is 6.50. The lowest BCUT2D eigenvalue weighted by molar-refractivity contribution is -0.152. The summed E-state index contributed by atoms with van der Waals surface area (Å²) in [5.41, 5.74) is 2.59. The molecule has 0 radical (unpaired) electrons. The number of fused-ring (bicyclic) bond motifs is 2. The topological polar surface area (TPSA) is 44.8 Å². The van der Waals surface area contributed by atoms with Crippen molar-refractivity contribution >= 4 is 5.97 Å². The highest BCUT2D eigenvalue weighted by Gasteiger charge is 2.48. The monoisotopic (exact) mass is 402 g/mol. The molecule has 0 unspecified atom stereocenters. The standard InChI is InChI=1S/C25H38O4/c1-7-8-13-28-23(26)24(2,3)18-14-17(16-27-6)22-19-11-9-10-12-20(19)25(4,5)29-21(22)15-18/h15-16,19-20H,7-14H2,1-6H3/t19-,20+/m0/s1. The van der Waals surface area contributed by atoms with Gasteiger partial charge < -0.3 is 14.2 Å². The molecule has 1 aliphatic heterocycles. The Hall–Kier alpha value is -1.71. The van der Waals surface area contributed by atoms with E-state index in [1.165, 1.54) is 31.3 Å². The third kappa shape index (κ3) is 4.27. The Morgan fingerprint density at radius 1 is 1.31 bits per heavy atom. The molecule has 0 N–H and O–H groups in total. The first kappa shape index (κ1) is 22.0. The minimum absolute atomic E-state index is 0.163. The highest BCUT2D eigenvalue weighted by molar-refractivity contribution is 5.80. The number of carbonyl (C=O) groups is 1. The van der Waals surface area contributed by atoms with Crippen LogP contribution < -0.4 is 0 Å². The van der Waals surface area contributed by atoms with Gasteiger partial charge in [-0.3, -0.25) is 4.79 Å². The number of rotatable bonds is 6. The zero-order chi connectivity index (χ0) is 21.2. The molecule has 0 bridgehead atoms. The third-order valence-electron chi connectivity index (χ3n) is 7.00. The number of methoxy groups -OCH3 is 1. The smallest absolute Gasteiger partial charge is 0.315 e. The maximum atomic E-state index is 12.8. The van der Waals surface area contributed by atoms with Crippen molar-refractivity contribution in [1.29, 1.82) is 0 Å². The van der Waals surface area contributed by atoms with Crippen LogP contribution in [0.5, 0.6) is 0 Å². The quantitative estimate of drug-likeness (QED) is 0.306. The van der Waals surface area contributed by atoms with Crippen molar-refractivity contribution in [2.75, 3.05) is 13.7 Å². The van der Waals surface area contributed by atoms with Gasteiger partial charge in [0.1, 0.15) is 11.4 Å². The van der Waals surface area contributed by atoms with Gasteiger partial charge in [-0.1, -0.05) is 26.2 Å². The second kappa shape index (κ2) is 8.57. The van der Waals surface area contributed by atoms with Crippen molar-refractivity contribution in [2.24, 2.45) is 17.3 Å².